The number of anilines is 1. The maximum absolute atomic E-state index is 7.57. The van der Waals surface area contributed by atoms with Gasteiger partial charge in [0, 0.05) is 18.8 Å². The second-order valence-electron chi connectivity index (χ2n) is 4.91. The van der Waals surface area contributed by atoms with E-state index >= 15 is 0 Å². The third-order valence-corrected chi connectivity index (χ3v) is 3.52. The third kappa shape index (κ3) is 3.61. The first-order valence-corrected chi connectivity index (χ1v) is 7.34. The van der Waals surface area contributed by atoms with E-state index in [4.69, 9.17) is 5.11 Å². The van der Waals surface area contributed by atoms with Crippen molar-refractivity contribution < 1.29 is 5.11 Å². The first-order chi connectivity index (χ1) is 9.86. The summed E-state index contributed by atoms with van der Waals surface area (Å²) in [7, 11) is 0. The monoisotopic (exact) mass is 269 g/mol. The Hall–Kier alpha value is -1.80. The Balaban J connectivity index is 0.000000452. The lowest BCUT2D eigenvalue weighted by atomic mass is 10.0. The van der Waals surface area contributed by atoms with Crippen LogP contribution in [0.25, 0.3) is 0 Å². The molecule has 0 saturated carbocycles. The van der Waals surface area contributed by atoms with Crippen LogP contribution < -0.4 is 4.90 Å². The molecule has 1 unspecified atom stereocenters. The lowest BCUT2D eigenvalue weighted by molar-refractivity contribution is 0.318. The smallest absolute Gasteiger partial charge is 0.0543 e. The topological polar surface area (TPSA) is 23.5 Å². The molecule has 0 spiro atoms. The molecule has 0 aromatic heterocycles. The Morgan fingerprint density at radius 1 is 1.00 bits per heavy atom. The van der Waals surface area contributed by atoms with Crippen molar-refractivity contribution in [2.24, 2.45) is 0 Å². The lowest BCUT2D eigenvalue weighted by Gasteiger charge is -2.27. The van der Waals surface area contributed by atoms with Crippen molar-refractivity contribution in [1.29, 1.82) is 0 Å². The summed E-state index contributed by atoms with van der Waals surface area (Å²) in [6.45, 7) is 3.10. The van der Waals surface area contributed by atoms with Gasteiger partial charge in [-0.15, -0.1) is 0 Å². The van der Waals surface area contributed by atoms with E-state index in [1.807, 2.05) is 0 Å². The van der Waals surface area contributed by atoms with Crippen LogP contribution in [0.15, 0.2) is 60.7 Å². The van der Waals surface area contributed by atoms with E-state index < -0.39 is 0 Å². The average Bonchev–Trinajstić information content (AvgIpc) is 2.99. The van der Waals surface area contributed by atoms with Gasteiger partial charge in [0.15, 0.2) is 0 Å². The predicted octanol–water partition coefficient (Wildman–Crippen LogP) is 4.03. The van der Waals surface area contributed by atoms with Crippen molar-refractivity contribution in [3.05, 3.63) is 66.2 Å². The van der Waals surface area contributed by atoms with Crippen LogP contribution in [0.4, 0.5) is 5.69 Å². The molecule has 3 rings (SSSR count). The summed E-state index contributed by atoms with van der Waals surface area (Å²) in [6, 6.07) is 22.1. The van der Waals surface area contributed by atoms with Crippen molar-refractivity contribution in [2.45, 2.75) is 25.8 Å². The molecule has 2 nitrogen and oxygen atoms in total. The molecule has 1 aliphatic rings. The Morgan fingerprint density at radius 2 is 1.55 bits per heavy atom. The molecule has 0 bridgehead atoms. The summed E-state index contributed by atoms with van der Waals surface area (Å²) in [5.41, 5.74) is 2.78. The SMILES string of the molecule is CCO.c1ccc(C2CCCN2c2ccccc2)cc1. The summed E-state index contributed by atoms with van der Waals surface area (Å²) < 4.78 is 0. The van der Waals surface area contributed by atoms with E-state index in [2.05, 4.69) is 65.6 Å². The van der Waals surface area contributed by atoms with Crippen LogP contribution in [-0.2, 0) is 0 Å². The summed E-state index contributed by atoms with van der Waals surface area (Å²) in [4.78, 5) is 2.52. The summed E-state index contributed by atoms with van der Waals surface area (Å²) >= 11 is 0. The minimum atomic E-state index is 0.250. The van der Waals surface area contributed by atoms with E-state index in [0.29, 0.717) is 6.04 Å². The van der Waals surface area contributed by atoms with Gasteiger partial charge < -0.3 is 10.0 Å². The predicted molar refractivity (Wildman–Crippen MR) is 85.0 cm³/mol. The zero-order chi connectivity index (χ0) is 14.2. The van der Waals surface area contributed by atoms with Gasteiger partial charge in [-0.3, -0.25) is 0 Å². The molecule has 0 aliphatic carbocycles. The fourth-order valence-corrected chi connectivity index (χ4v) is 2.72. The standard InChI is InChI=1S/C16H17N.C2H6O/c1-3-8-14(9-4-1)16-12-7-13-17(16)15-10-5-2-6-11-15;1-2-3/h1-6,8-11,16H,7,12-13H2;3H,2H2,1H3. The highest BCUT2D eigenvalue weighted by Gasteiger charge is 2.25. The van der Waals surface area contributed by atoms with Crippen molar-refractivity contribution >= 4 is 5.69 Å². The maximum atomic E-state index is 7.57. The van der Waals surface area contributed by atoms with Gasteiger partial charge in [0.25, 0.3) is 0 Å². The third-order valence-electron chi connectivity index (χ3n) is 3.52. The van der Waals surface area contributed by atoms with Crippen LogP contribution >= 0.6 is 0 Å². The van der Waals surface area contributed by atoms with Crippen molar-refractivity contribution in [1.82, 2.24) is 0 Å². The van der Waals surface area contributed by atoms with Crippen LogP contribution in [0, 0.1) is 0 Å². The minimum absolute atomic E-state index is 0.250. The minimum Gasteiger partial charge on any atom is -0.397 e. The van der Waals surface area contributed by atoms with Gasteiger partial charge in [-0.25, -0.2) is 0 Å². The Labute approximate surface area is 121 Å². The molecule has 2 heteroatoms. The first-order valence-electron chi connectivity index (χ1n) is 7.34. The van der Waals surface area contributed by atoms with Gasteiger partial charge in [-0.1, -0.05) is 48.5 Å². The molecule has 0 radical (unpaired) electrons. The second kappa shape index (κ2) is 7.71. The van der Waals surface area contributed by atoms with Crippen LogP contribution in [0.1, 0.15) is 31.4 Å². The zero-order valence-corrected chi connectivity index (χ0v) is 12.1. The molecule has 2 aromatic rings. The summed E-state index contributed by atoms with van der Waals surface area (Å²) in [6.07, 6.45) is 2.55. The number of para-hydroxylation sites is 1. The van der Waals surface area contributed by atoms with Crippen LogP contribution in [0.2, 0.25) is 0 Å². The fourth-order valence-electron chi connectivity index (χ4n) is 2.72. The van der Waals surface area contributed by atoms with Gasteiger partial charge in [-0.2, -0.15) is 0 Å². The molecule has 106 valence electrons. The summed E-state index contributed by atoms with van der Waals surface area (Å²) in [5.74, 6) is 0. The second-order valence-corrected chi connectivity index (χ2v) is 4.91. The Kier molecular flexibility index (Phi) is 5.63. The number of nitrogens with zero attached hydrogens (tertiary/aromatic N) is 1. The molecule has 1 N–H and O–H groups in total. The van der Waals surface area contributed by atoms with Crippen molar-refractivity contribution in [3.8, 4) is 0 Å². The van der Waals surface area contributed by atoms with Gasteiger partial charge >= 0.3 is 0 Å². The van der Waals surface area contributed by atoms with Crippen LogP contribution in [-0.4, -0.2) is 18.3 Å². The molecular weight excluding hydrogens is 246 g/mol. The summed E-state index contributed by atoms with van der Waals surface area (Å²) in [5, 5.41) is 7.57. The Bertz CT molecular complexity index is 438. The highest BCUT2D eigenvalue weighted by atomic mass is 16.2. The van der Waals surface area contributed by atoms with Gasteiger partial charge in [0.05, 0.1) is 6.04 Å². The molecule has 1 aliphatic heterocycles. The van der Waals surface area contributed by atoms with E-state index in [-0.39, 0.29) is 6.61 Å². The lowest BCUT2D eigenvalue weighted by Crippen LogP contribution is -2.22. The molecule has 1 fully saturated rings. The van der Waals surface area contributed by atoms with Crippen molar-refractivity contribution in [2.75, 3.05) is 18.1 Å². The first kappa shape index (κ1) is 14.6. The molecule has 1 saturated heterocycles. The van der Waals surface area contributed by atoms with E-state index in [0.717, 1.165) is 0 Å². The number of rotatable bonds is 2. The van der Waals surface area contributed by atoms with Gasteiger partial charge in [-0.05, 0) is 37.5 Å². The van der Waals surface area contributed by atoms with Gasteiger partial charge in [0.1, 0.15) is 0 Å². The van der Waals surface area contributed by atoms with E-state index in [1.165, 1.54) is 30.6 Å². The van der Waals surface area contributed by atoms with Crippen LogP contribution in [0.5, 0.6) is 0 Å². The molecular formula is C18H23NO. The average molecular weight is 269 g/mol. The molecule has 20 heavy (non-hydrogen) atoms. The number of hydrogen-bond donors (Lipinski definition) is 1. The molecule has 1 atom stereocenters. The number of hydrogen-bond acceptors (Lipinski definition) is 2. The fraction of sp³-hybridized carbons (Fsp3) is 0.333. The van der Waals surface area contributed by atoms with E-state index in [1.54, 1.807) is 6.92 Å². The van der Waals surface area contributed by atoms with E-state index in [9.17, 15) is 0 Å². The normalized spacial score (nSPS) is 17.5. The molecule has 2 aromatic carbocycles. The maximum Gasteiger partial charge on any atom is 0.0543 e. The van der Waals surface area contributed by atoms with Crippen LogP contribution in [0.3, 0.4) is 0 Å². The number of aliphatic hydroxyl groups excluding tert-OH is 1. The zero-order valence-electron chi connectivity index (χ0n) is 12.1. The molecule has 1 heterocycles. The number of aliphatic hydroxyl groups is 1. The Morgan fingerprint density at radius 3 is 2.15 bits per heavy atom. The quantitative estimate of drug-likeness (QED) is 0.890. The highest BCUT2D eigenvalue weighted by molar-refractivity contribution is 5.49. The largest absolute Gasteiger partial charge is 0.397 e. The van der Waals surface area contributed by atoms with Crippen molar-refractivity contribution in [3.63, 3.8) is 0 Å². The molecule has 0 amide bonds. The number of benzene rings is 2. The highest BCUT2D eigenvalue weighted by Crippen LogP contribution is 2.35. The van der Waals surface area contributed by atoms with Gasteiger partial charge in [0.2, 0.25) is 0 Å².